The highest BCUT2D eigenvalue weighted by Crippen LogP contribution is 2.32. The Morgan fingerprint density at radius 2 is 2.14 bits per heavy atom. The SMILES string of the molecule is COC1CC(C)c2c(n(C)c(=O)n(CCCC(=O)O)c2=O)O1. The summed E-state index contributed by atoms with van der Waals surface area (Å²) in [5.74, 6) is -0.837. The van der Waals surface area contributed by atoms with Gasteiger partial charge >= 0.3 is 11.7 Å². The number of aromatic nitrogens is 2. The van der Waals surface area contributed by atoms with E-state index in [0.717, 1.165) is 4.57 Å². The molecular weight excluding hydrogens is 292 g/mol. The van der Waals surface area contributed by atoms with E-state index in [1.165, 1.54) is 18.7 Å². The first-order chi connectivity index (χ1) is 10.4. The Hall–Kier alpha value is -2.09. The van der Waals surface area contributed by atoms with Crippen molar-refractivity contribution in [1.29, 1.82) is 0 Å². The van der Waals surface area contributed by atoms with E-state index >= 15 is 0 Å². The zero-order valence-corrected chi connectivity index (χ0v) is 12.9. The van der Waals surface area contributed by atoms with Gasteiger partial charge in [0.25, 0.3) is 5.56 Å². The molecule has 0 amide bonds. The molecule has 1 aromatic heterocycles. The average molecular weight is 312 g/mol. The number of methoxy groups -OCH3 is 1. The maximum absolute atomic E-state index is 12.5. The smallest absolute Gasteiger partial charge is 0.333 e. The van der Waals surface area contributed by atoms with Crippen LogP contribution in [0.2, 0.25) is 0 Å². The van der Waals surface area contributed by atoms with E-state index in [1.807, 2.05) is 6.92 Å². The minimum absolute atomic E-state index is 0.0749. The van der Waals surface area contributed by atoms with Crippen molar-refractivity contribution in [3.05, 3.63) is 26.4 Å². The number of nitrogens with zero attached hydrogens (tertiary/aromatic N) is 2. The molecule has 0 radical (unpaired) electrons. The number of aliphatic carboxylic acids is 1. The molecule has 8 nitrogen and oxygen atoms in total. The van der Waals surface area contributed by atoms with Gasteiger partial charge in [0.2, 0.25) is 12.2 Å². The second-order valence-corrected chi connectivity index (χ2v) is 5.43. The van der Waals surface area contributed by atoms with Crippen LogP contribution in [0, 0.1) is 0 Å². The van der Waals surface area contributed by atoms with Gasteiger partial charge < -0.3 is 14.6 Å². The van der Waals surface area contributed by atoms with Crippen LogP contribution in [0.3, 0.4) is 0 Å². The molecule has 1 N–H and O–H groups in total. The zero-order chi connectivity index (χ0) is 16.4. The molecule has 0 aliphatic carbocycles. The second-order valence-electron chi connectivity index (χ2n) is 5.43. The summed E-state index contributed by atoms with van der Waals surface area (Å²) in [6.07, 6.45) is 0.158. The Morgan fingerprint density at radius 1 is 1.45 bits per heavy atom. The number of hydrogen-bond acceptors (Lipinski definition) is 5. The summed E-state index contributed by atoms with van der Waals surface area (Å²) in [6.45, 7) is 1.95. The van der Waals surface area contributed by atoms with Gasteiger partial charge in [0.15, 0.2) is 0 Å². The number of rotatable bonds is 5. The fraction of sp³-hybridized carbons (Fsp3) is 0.643. The standard InChI is InChI=1S/C14H20N2O6/c1-8-7-10(21-3)22-13-11(8)12(19)16(14(20)15(13)2)6-4-5-9(17)18/h8,10H,4-7H2,1-3H3,(H,17,18). The Morgan fingerprint density at radius 3 is 2.73 bits per heavy atom. The summed E-state index contributed by atoms with van der Waals surface area (Å²) in [4.78, 5) is 35.4. The number of fused-ring (bicyclic) bond motifs is 1. The van der Waals surface area contributed by atoms with E-state index in [-0.39, 0.29) is 31.2 Å². The molecule has 2 unspecified atom stereocenters. The van der Waals surface area contributed by atoms with Crippen LogP contribution in [0.5, 0.6) is 5.88 Å². The lowest BCUT2D eigenvalue weighted by Gasteiger charge is -2.30. The average Bonchev–Trinajstić information content (AvgIpc) is 2.47. The van der Waals surface area contributed by atoms with E-state index in [4.69, 9.17) is 14.6 Å². The zero-order valence-electron chi connectivity index (χ0n) is 12.9. The van der Waals surface area contributed by atoms with Crippen LogP contribution in [0.1, 0.15) is 37.7 Å². The lowest BCUT2D eigenvalue weighted by Crippen LogP contribution is -2.45. The van der Waals surface area contributed by atoms with E-state index in [9.17, 15) is 14.4 Å². The largest absolute Gasteiger partial charge is 0.481 e. The van der Waals surface area contributed by atoms with E-state index in [2.05, 4.69) is 0 Å². The first kappa shape index (κ1) is 16.3. The van der Waals surface area contributed by atoms with Gasteiger partial charge in [0, 0.05) is 33.5 Å². The van der Waals surface area contributed by atoms with E-state index in [0.29, 0.717) is 12.0 Å². The number of hydrogen-bond donors (Lipinski definition) is 1. The fourth-order valence-electron chi connectivity index (χ4n) is 2.65. The van der Waals surface area contributed by atoms with Crippen molar-refractivity contribution >= 4 is 5.97 Å². The molecule has 2 heterocycles. The highest BCUT2D eigenvalue weighted by atomic mass is 16.7. The van der Waals surface area contributed by atoms with Gasteiger partial charge in [-0.05, 0) is 12.3 Å². The Labute approximate surface area is 126 Å². The van der Waals surface area contributed by atoms with Crippen LogP contribution >= 0.6 is 0 Å². The van der Waals surface area contributed by atoms with Gasteiger partial charge in [0.1, 0.15) is 0 Å². The van der Waals surface area contributed by atoms with Crippen molar-refractivity contribution in [3.8, 4) is 5.88 Å². The normalized spacial score (nSPS) is 20.3. The highest BCUT2D eigenvalue weighted by Gasteiger charge is 2.31. The molecule has 2 rings (SSSR count). The lowest BCUT2D eigenvalue weighted by atomic mass is 9.97. The summed E-state index contributed by atoms with van der Waals surface area (Å²) in [5.41, 5.74) is -0.491. The molecule has 0 aromatic carbocycles. The lowest BCUT2D eigenvalue weighted by molar-refractivity contribution is -0.137. The summed E-state index contributed by atoms with van der Waals surface area (Å²) in [7, 11) is 3.03. The third kappa shape index (κ3) is 2.92. The van der Waals surface area contributed by atoms with E-state index < -0.39 is 23.5 Å². The van der Waals surface area contributed by atoms with E-state index in [1.54, 1.807) is 0 Å². The van der Waals surface area contributed by atoms with Crippen LogP contribution < -0.4 is 16.0 Å². The number of carbonyl (C=O) groups is 1. The summed E-state index contributed by atoms with van der Waals surface area (Å²) in [5, 5.41) is 8.67. The van der Waals surface area contributed by atoms with Gasteiger partial charge in [-0.15, -0.1) is 0 Å². The van der Waals surface area contributed by atoms with Crippen LogP contribution in [0.25, 0.3) is 0 Å². The fourth-order valence-corrected chi connectivity index (χ4v) is 2.65. The third-order valence-electron chi connectivity index (χ3n) is 3.85. The minimum atomic E-state index is -0.956. The van der Waals surface area contributed by atoms with Crippen LogP contribution in [-0.2, 0) is 23.1 Å². The maximum Gasteiger partial charge on any atom is 0.333 e. The van der Waals surface area contributed by atoms with Gasteiger partial charge in [-0.2, -0.15) is 0 Å². The summed E-state index contributed by atoms with van der Waals surface area (Å²) >= 11 is 0. The summed E-state index contributed by atoms with van der Waals surface area (Å²) < 4.78 is 13.1. The van der Waals surface area contributed by atoms with Crippen LogP contribution in [0.15, 0.2) is 9.59 Å². The number of carboxylic acids is 1. The molecule has 0 fully saturated rings. The molecule has 22 heavy (non-hydrogen) atoms. The van der Waals surface area contributed by atoms with Crippen molar-refractivity contribution in [2.45, 2.75) is 44.9 Å². The van der Waals surface area contributed by atoms with Gasteiger partial charge in [-0.3, -0.25) is 18.7 Å². The van der Waals surface area contributed by atoms with Crippen molar-refractivity contribution in [2.75, 3.05) is 7.11 Å². The first-order valence-electron chi connectivity index (χ1n) is 7.11. The topological polar surface area (TPSA) is 99.8 Å². The number of ether oxygens (including phenoxy) is 2. The second kappa shape index (κ2) is 6.35. The predicted molar refractivity (Wildman–Crippen MR) is 77.3 cm³/mol. The Balaban J connectivity index is 2.45. The minimum Gasteiger partial charge on any atom is -0.481 e. The molecular formula is C14H20N2O6. The third-order valence-corrected chi connectivity index (χ3v) is 3.85. The Kier molecular flexibility index (Phi) is 4.70. The van der Waals surface area contributed by atoms with Crippen molar-refractivity contribution in [3.63, 3.8) is 0 Å². The molecule has 8 heteroatoms. The highest BCUT2D eigenvalue weighted by molar-refractivity contribution is 5.66. The van der Waals surface area contributed by atoms with Gasteiger partial charge in [0.05, 0.1) is 5.56 Å². The van der Waals surface area contributed by atoms with Crippen LogP contribution in [0.4, 0.5) is 0 Å². The van der Waals surface area contributed by atoms with Crippen LogP contribution in [-0.4, -0.2) is 33.6 Å². The monoisotopic (exact) mass is 312 g/mol. The molecule has 0 spiro atoms. The summed E-state index contributed by atoms with van der Waals surface area (Å²) in [6, 6.07) is 0. The van der Waals surface area contributed by atoms with Crippen molar-refractivity contribution in [1.82, 2.24) is 9.13 Å². The first-order valence-corrected chi connectivity index (χ1v) is 7.11. The van der Waals surface area contributed by atoms with Gasteiger partial charge in [-0.1, -0.05) is 6.92 Å². The predicted octanol–water partition coefficient (Wildman–Crippen LogP) is 0.270. The van der Waals surface area contributed by atoms with Gasteiger partial charge in [-0.25, -0.2) is 4.79 Å². The quantitative estimate of drug-likeness (QED) is 0.838. The van der Waals surface area contributed by atoms with Crippen molar-refractivity contribution in [2.24, 2.45) is 7.05 Å². The number of carboxylic acid groups (broad SMARTS) is 1. The molecule has 1 aliphatic heterocycles. The molecule has 1 aliphatic rings. The molecule has 122 valence electrons. The molecule has 2 atom stereocenters. The maximum atomic E-state index is 12.5. The molecule has 0 saturated heterocycles. The Bertz CT molecular complexity index is 690. The van der Waals surface area contributed by atoms with Crippen molar-refractivity contribution < 1.29 is 19.4 Å². The molecule has 0 saturated carbocycles. The molecule has 0 bridgehead atoms. The molecule has 1 aromatic rings.